The molecule has 6 heteroatoms. The smallest absolute Gasteiger partial charge is 0.314 e. The summed E-state index contributed by atoms with van der Waals surface area (Å²) in [6, 6.07) is 3.70. The number of carbonyl (C=O) groups is 1. The first-order chi connectivity index (χ1) is 6.52. The van der Waals surface area contributed by atoms with Crippen LogP contribution in [0.2, 0.25) is 0 Å². The van der Waals surface area contributed by atoms with E-state index in [9.17, 15) is 20.0 Å². The van der Waals surface area contributed by atoms with Crippen molar-refractivity contribution in [2.75, 3.05) is 0 Å². The summed E-state index contributed by atoms with van der Waals surface area (Å²) in [4.78, 5) is 20.1. The molecule has 0 aromatic heterocycles. The van der Waals surface area contributed by atoms with E-state index >= 15 is 0 Å². The first-order valence-electron chi connectivity index (χ1n) is 3.67. The van der Waals surface area contributed by atoms with Gasteiger partial charge < -0.3 is 9.84 Å². The Morgan fingerprint density at radius 3 is 2.71 bits per heavy atom. The van der Waals surface area contributed by atoms with Gasteiger partial charge in [0, 0.05) is 13.0 Å². The van der Waals surface area contributed by atoms with Crippen LogP contribution >= 0.6 is 0 Å². The molecular weight excluding hydrogens is 190 g/mol. The molecule has 1 N–H and O–H groups in total. The zero-order valence-electron chi connectivity index (χ0n) is 7.26. The highest BCUT2D eigenvalue weighted by atomic mass is 16.6. The van der Waals surface area contributed by atoms with Gasteiger partial charge in [0.25, 0.3) is 0 Å². The number of para-hydroxylation sites is 1. The molecular formula is C8H7NO5. The van der Waals surface area contributed by atoms with Crippen molar-refractivity contribution in [3.63, 3.8) is 0 Å². The highest BCUT2D eigenvalue weighted by Crippen LogP contribution is 2.35. The lowest BCUT2D eigenvalue weighted by molar-refractivity contribution is -0.385. The Bertz CT molecular complexity index is 387. The van der Waals surface area contributed by atoms with Crippen molar-refractivity contribution < 1.29 is 19.6 Å². The predicted molar refractivity (Wildman–Crippen MR) is 46.1 cm³/mol. The number of aromatic hydroxyl groups is 1. The van der Waals surface area contributed by atoms with E-state index in [1.54, 1.807) is 0 Å². The minimum Gasteiger partial charge on any atom is -0.499 e. The third-order valence-electron chi connectivity index (χ3n) is 1.43. The Kier molecular flexibility index (Phi) is 2.66. The van der Waals surface area contributed by atoms with Crippen LogP contribution in [0.1, 0.15) is 6.92 Å². The predicted octanol–water partition coefficient (Wildman–Crippen LogP) is 1.23. The fourth-order valence-electron chi connectivity index (χ4n) is 0.895. The van der Waals surface area contributed by atoms with E-state index in [0.717, 1.165) is 13.0 Å². The maximum absolute atomic E-state index is 10.5. The molecule has 6 nitrogen and oxygen atoms in total. The van der Waals surface area contributed by atoms with Crippen molar-refractivity contribution in [1.82, 2.24) is 0 Å². The van der Waals surface area contributed by atoms with E-state index < -0.39 is 22.3 Å². The highest BCUT2D eigenvalue weighted by molar-refractivity contribution is 5.71. The molecule has 14 heavy (non-hydrogen) atoms. The molecule has 0 bridgehead atoms. The fourth-order valence-corrected chi connectivity index (χ4v) is 0.895. The van der Waals surface area contributed by atoms with Crippen LogP contribution in [0.4, 0.5) is 5.69 Å². The molecule has 0 saturated heterocycles. The number of hydrogen-bond donors (Lipinski definition) is 1. The molecule has 1 aromatic carbocycles. The molecule has 0 aliphatic rings. The normalized spacial score (nSPS) is 9.50. The molecule has 0 spiro atoms. The van der Waals surface area contributed by atoms with Gasteiger partial charge in [0.1, 0.15) is 0 Å². The van der Waals surface area contributed by atoms with E-state index in [1.807, 2.05) is 0 Å². The summed E-state index contributed by atoms with van der Waals surface area (Å²) >= 11 is 0. The number of phenols is 1. The molecule has 0 atom stereocenters. The van der Waals surface area contributed by atoms with Crippen LogP contribution in [0.15, 0.2) is 18.2 Å². The highest BCUT2D eigenvalue weighted by Gasteiger charge is 2.18. The number of carbonyl (C=O) groups excluding carboxylic acids is 1. The number of rotatable bonds is 2. The van der Waals surface area contributed by atoms with E-state index in [2.05, 4.69) is 4.74 Å². The van der Waals surface area contributed by atoms with Crippen LogP contribution in [-0.4, -0.2) is 16.0 Å². The molecule has 1 rings (SSSR count). The van der Waals surface area contributed by atoms with E-state index in [4.69, 9.17) is 0 Å². The number of nitrogens with zero attached hydrogens (tertiary/aromatic N) is 1. The van der Waals surface area contributed by atoms with Crippen molar-refractivity contribution in [2.45, 2.75) is 6.92 Å². The molecule has 0 fully saturated rings. The number of nitro groups is 1. The monoisotopic (exact) mass is 197 g/mol. The fraction of sp³-hybridized carbons (Fsp3) is 0.125. The van der Waals surface area contributed by atoms with Crippen LogP contribution in [0, 0.1) is 10.1 Å². The van der Waals surface area contributed by atoms with Gasteiger partial charge >= 0.3 is 11.7 Å². The van der Waals surface area contributed by atoms with Crippen molar-refractivity contribution in [2.24, 2.45) is 0 Å². The number of ether oxygens (including phenoxy) is 1. The van der Waals surface area contributed by atoms with Crippen molar-refractivity contribution in [1.29, 1.82) is 0 Å². The van der Waals surface area contributed by atoms with Crippen LogP contribution < -0.4 is 4.74 Å². The first kappa shape index (κ1) is 9.97. The van der Waals surface area contributed by atoms with E-state index in [0.29, 0.717) is 0 Å². The SMILES string of the molecule is CC(=O)Oc1cccc([N+](=O)[O-])c1O. The van der Waals surface area contributed by atoms with E-state index in [1.165, 1.54) is 12.1 Å². The number of nitro benzene ring substituents is 1. The van der Waals surface area contributed by atoms with Gasteiger partial charge in [0.05, 0.1) is 4.92 Å². The van der Waals surface area contributed by atoms with Gasteiger partial charge in [-0.2, -0.15) is 0 Å². The lowest BCUT2D eigenvalue weighted by Gasteiger charge is -2.03. The molecule has 1 aromatic rings. The number of esters is 1. The molecule has 74 valence electrons. The Hall–Kier alpha value is -2.11. The molecule has 0 aliphatic heterocycles. The largest absolute Gasteiger partial charge is 0.499 e. The van der Waals surface area contributed by atoms with Crippen LogP contribution in [-0.2, 0) is 4.79 Å². The van der Waals surface area contributed by atoms with Gasteiger partial charge in [-0.15, -0.1) is 0 Å². The summed E-state index contributed by atoms with van der Waals surface area (Å²) in [5.41, 5.74) is -0.497. The Morgan fingerprint density at radius 2 is 2.21 bits per heavy atom. The molecule has 0 amide bonds. The molecule has 0 unspecified atom stereocenters. The van der Waals surface area contributed by atoms with Crippen LogP contribution in [0.5, 0.6) is 11.5 Å². The first-order valence-corrected chi connectivity index (χ1v) is 3.67. The molecule has 0 aliphatic carbocycles. The summed E-state index contributed by atoms with van der Waals surface area (Å²) in [5.74, 6) is -1.51. The minimum atomic E-state index is -0.762. The molecule has 0 heterocycles. The summed E-state index contributed by atoms with van der Waals surface area (Å²) < 4.78 is 4.54. The average Bonchev–Trinajstić information content (AvgIpc) is 2.07. The summed E-state index contributed by atoms with van der Waals surface area (Å²) in [5, 5.41) is 19.7. The second-order valence-electron chi connectivity index (χ2n) is 2.47. The molecule has 0 saturated carbocycles. The van der Waals surface area contributed by atoms with Gasteiger partial charge in [0.2, 0.25) is 5.75 Å². The number of hydrogen-bond acceptors (Lipinski definition) is 5. The summed E-state index contributed by atoms with van der Waals surface area (Å²) in [7, 11) is 0. The average molecular weight is 197 g/mol. The third-order valence-corrected chi connectivity index (χ3v) is 1.43. The molecule has 0 radical (unpaired) electrons. The van der Waals surface area contributed by atoms with E-state index in [-0.39, 0.29) is 5.75 Å². The lowest BCUT2D eigenvalue weighted by atomic mass is 10.3. The summed E-state index contributed by atoms with van der Waals surface area (Å²) in [6.07, 6.45) is 0. The van der Waals surface area contributed by atoms with Gasteiger partial charge in [-0.3, -0.25) is 14.9 Å². The van der Waals surface area contributed by atoms with Gasteiger partial charge in [-0.25, -0.2) is 0 Å². The Morgan fingerprint density at radius 1 is 1.57 bits per heavy atom. The maximum Gasteiger partial charge on any atom is 0.314 e. The zero-order chi connectivity index (χ0) is 10.7. The Balaban J connectivity index is 3.13. The standard InChI is InChI=1S/C8H7NO5/c1-5(10)14-7-4-2-3-6(8(7)11)9(12)13/h2-4,11H,1H3. The van der Waals surface area contributed by atoms with Crippen LogP contribution in [0.3, 0.4) is 0 Å². The van der Waals surface area contributed by atoms with Crippen molar-refractivity contribution >= 4 is 11.7 Å². The third kappa shape index (κ3) is 1.98. The second kappa shape index (κ2) is 3.73. The number of benzene rings is 1. The van der Waals surface area contributed by atoms with Gasteiger partial charge in [0.15, 0.2) is 5.75 Å². The number of phenolic OH excluding ortho intramolecular Hbond substituents is 1. The minimum absolute atomic E-state index is 0.216. The topological polar surface area (TPSA) is 89.7 Å². The lowest BCUT2D eigenvalue weighted by Crippen LogP contribution is -2.02. The quantitative estimate of drug-likeness (QED) is 0.333. The van der Waals surface area contributed by atoms with Gasteiger partial charge in [-0.1, -0.05) is 6.07 Å². The van der Waals surface area contributed by atoms with Crippen molar-refractivity contribution in [3.8, 4) is 11.5 Å². The summed E-state index contributed by atoms with van der Waals surface area (Å²) in [6.45, 7) is 1.14. The van der Waals surface area contributed by atoms with Gasteiger partial charge in [-0.05, 0) is 6.07 Å². The second-order valence-corrected chi connectivity index (χ2v) is 2.47. The zero-order valence-corrected chi connectivity index (χ0v) is 7.26. The Labute approximate surface area is 78.9 Å². The maximum atomic E-state index is 10.5. The van der Waals surface area contributed by atoms with Crippen LogP contribution in [0.25, 0.3) is 0 Å². The van der Waals surface area contributed by atoms with Crippen molar-refractivity contribution in [3.05, 3.63) is 28.3 Å².